The highest BCUT2D eigenvalue weighted by Crippen LogP contribution is 2.20. The first-order chi connectivity index (χ1) is 7.00. The summed E-state index contributed by atoms with van der Waals surface area (Å²) in [6.45, 7) is 5.47. The summed E-state index contributed by atoms with van der Waals surface area (Å²) in [4.78, 5) is 0.00403. The lowest BCUT2D eigenvalue weighted by Crippen LogP contribution is -2.05. The van der Waals surface area contributed by atoms with Crippen LogP contribution >= 0.6 is 0 Å². The number of allylic oxidation sites excluding steroid dienone is 1. The van der Waals surface area contributed by atoms with Gasteiger partial charge in [-0.25, -0.2) is 0 Å². The number of benzene rings is 1. The van der Waals surface area contributed by atoms with Crippen molar-refractivity contribution in [2.45, 2.75) is 24.7 Å². The topological polar surface area (TPSA) is 54.4 Å². The van der Waals surface area contributed by atoms with E-state index in [0.29, 0.717) is 18.4 Å². The smallest absolute Gasteiger partial charge is 0.282 e. The van der Waals surface area contributed by atoms with Crippen molar-refractivity contribution in [2.75, 3.05) is 0 Å². The lowest BCUT2D eigenvalue weighted by atomic mass is 10.0. The normalized spacial score (nSPS) is 11.3. The molecule has 0 atom stereocenters. The van der Waals surface area contributed by atoms with Gasteiger partial charge in [0.25, 0.3) is 10.1 Å². The van der Waals surface area contributed by atoms with Crippen LogP contribution in [-0.2, 0) is 23.0 Å². The van der Waals surface area contributed by atoms with Gasteiger partial charge in [-0.2, -0.15) is 8.42 Å². The Morgan fingerprint density at radius 2 is 2.13 bits per heavy atom. The minimum absolute atomic E-state index is 0.00403. The lowest BCUT2D eigenvalue weighted by Gasteiger charge is -2.09. The molecular formula is C11H14O3S. The second kappa shape index (κ2) is 4.59. The van der Waals surface area contributed by atoms with E-state index in [1.807, 2.05) is 13.0 Å². The summed E-state index contributed by atoms with van der Waals surface area (Å²) in [7, 11) is -4.12. The molecule has 1 rings (SSSR count). The standard InChI is InChI=1S/C11H14O3S/c1-3-6-9-7-5-8-11(10(9)4-2)15(12,13)14/h3,5,7-8H,1,4,6H2,2H3,(H,12,13,14). The van der Waals surface area contributed by atoms with Crippen LogP contribution in [0, 0.1) is 0 Å². The third-order valence-electron chi connectivity index (χ3n) is 2.23. The molecule has 1 aromatic rings. The average molecular weight is 226 g/mol. The summed E-state index contributed by atoms with van der Waals surface area (Å²) in [6.07, 6.45) is 2.88. The Balaban J connectivity index is 3.41. The molecule has 0 unspecified atom stereocenters. The predicted molar refractivity (Wildman–Crippen MR) is 59.5 cm³/mol. The second-order valence-corrected chi connectivity index (χ2v) is 4.61. The molecule has 3 nitrogen and oxygen atoms in total. The molecule has 0 heterocycles. The van der Waals surface area contributed by atoms with Crippen LogP contribution in [0.5, 0.6) is 0 Å². The van der Waals surface area contributed by atoms with E-state index in [1.54, 1.807) is 12.1 Å². The van der Waals surface area contributed by atoms with E-state index >= 15 is 0 Å². The third kappa shape index (κ3) is 2.67. The maximum atomic E-state index is 11.1. The largest absolute Gasteiger partial charge is 0.294 e. The van der Waals surface area contributed by atoms with Crippen molar-refractivity contribution in [3.05, 3.63) is 42.0 Å². The van der Waals surface area contributed by atoms with Crippen molar-refractivity contribution in [3.8, 4) is 0 Å². The molecule has 0 amide bonds. The molecule has 0 bridgehead atoms. The third-order valence-corrected chi connectivity index (χ3v) is 3.16. The van der Waals surface area contributed by atoms with Crippen LogP contribution in [0.2, 0.25) is 0 Å². The molecule has 0 aliphatic carbocycles. The fourth-order valence-corrected chi connectivity index (χ4v) is 2.44. The molecule has 0 fully saturated rings. The fourth-order valence-electron chi connectivity index (χ4n) is 1.60. The molecule has 0 saturated heterocycles. The second-order valence-electron chi connectivity index (χ2n) is 3.22. The Labute approximate surface area is 90.2 Å². The van der Waals surface area contributed by atoms with Crippen LogP contribution < -0.4 is 0 Å². The highest BCUT2D eigenvalue weighted by atomic mass is 32.2. The molecule has 82 valence electrons. The van der Waals surface area contributed by atoms with E-state index in [-0.39, 0.29) is 4.90 Å². The molecule has 0 aromatic heterocycles. The van der Waals surface area contributed by atoms with Gasteiger partial charge in [0, 0.05) is 0 Å². The van der Waals surface area contributed by atoms with Crippen molar-refractivity contribution in [3.63, 3.8) is 0 Å². The molecule has 4 heteroatoms. The summed E-state index contributed by atoms with van der Waals surface area (Å²) in [5.74, 6) is 0. The zero-order chi connectivity index (χ0) is 11.5. The quantitative estimate of drug-likeness (QED) is 0.632. The van der Waals surface area contributed by atoms with Crippen molar-refractivity contribution < 1.29 is 13.0 Å². The maximum absolute atomic E-state index is 11.1. The van der Waals surface area contributed by atoms with Gasteiger partial charge in [-0.15, -0.1) is 6.58 Å². The van der Waals surface area contributed by atoms with Crippen LogP contribution in [0.3, 0.4) is 0 Å². The SMILES string of the molecule is C=CCc1cccc(S(=O)(=O)O)c1CC. The molecule has 1 aromatic carbocycles. The summed E-state index contributed by atoms with van der Waals surface area (Å²) in [5.41, 5.74) is 1.56. The van der Waals surface area contributed by atoms with Gasteiger partial charge >= 0.3 is 0 Å². The van der Waals surface area contributed by atoms with Gasteiger partial charge in [-0.05, 0) is 30.0 Å². The fraction of sp³-hybridized carbons (Fsp3) is 0.273. The van der Waals surface area contributed by atoms with Crippen LogP contribution in [0.1, 0.15) is 18.1 Å². The van der Waals surface area contributed by atoms with Crippen LogP contribution in [0.25, 0.3) is 0 Å². The number of hydrogen-bond donors (Lipinski definition) is 1. The Kier molecular flexibility index (Phi) is 3.66. The van der Waals surface area contributed by atoms with Gasteiger partial charge in [-0.3, -0.25) is 4.55 Å². The van der Waals surface area contributed by atoms with Crippen LogP contribution in [-0.4, -0.2) is 13.0 Å². The van der Waals surface area contributed by atoms with E-state index in [4.69, 9.17) is 4.55 Å². The van der Waals surface area contributed by atoms with Gasteiger partial charge in [0.05, 0.1) is 4.90 Å². The maximum Gasteiger partial charge on any atom is 0.294 e. The minimum atomic E-state index is -4.12. The first-order valence-corrected chi connectivity index (χ1v) is 6.13. The van der Waals surface area contributed by atoms with Crippen molar-refractivity contribution >= 4 is 10.1 Å². The van der Waals surface area contributed by atoms with Gasteiger partial charge in [0.1, 0.15) is 0 Å². The van der Waals surface area contributed by atoms with Gasteiger partial charge in [-0.1, -0.05) is 25.1 Å². The molecule has 1 N–H and O–H groups in total. The highest BCUT2D eigenvalue weighted by molar-refractivity contribution is 7.85. The monoisotopic (exact) mass is 226 g/mol. The summed E-state index contributed by atoms with van der Waals surface area (Å²) in [5, 5.41) is 0. The first-order valence-electron chi connectivity index (χ1n) is 4.69. The molecule has 0 saturated carbocycles. The predicted octanol–water partition coefficient (Wildman–Crippen LogP) is 2.22. The molecule has 15 heavy (non-hydrogen) atoms. The molecule has 0 aliphatic heterocycles. The van der Waals surface area contributed by atoms with Crippen molar-refractivity contribution in [2.24, 2.45) is 0 Å². The molecule has 0 spiro atoms. The van der Waals surface area contributed by atoms with E-state index in [0.717, 1.165) is 5.56 Å². The Morgan fingerprint density at radius 1 is 1.47 bits per heavy atom. The Morgan fingerprint density at radius 3 is 2.60 bits per heavy atom. The zero-order valence-corrected chi connectivity index (χ0v) is 9.42. The van der Waals surface area contributed by atoms with Gasteiger partial charge < -0.3 is 0 Å². The van der Waals surface area contributed by atoms with E-state index in [2.05, 4.69) is 6.58 Å². The first kappa shape index (κ1) is 11.9. The van der Waals surface area contributed by atoms with Crippen molar-refractivity contribution in [1.29, 1.82) is 0 Å². The Hall–Kier alpha value is -1.13. The van der Waals surface area contributed by atoms with Gasteiger partial charge in [0.2, 0.25) is 0 Å². The Bertz CT molecular complexity index is 461. The zero-order valence-electron chi connectivity index (χ0n) is 8.60. The molecular weight excluding hydrogens is 212 g/mol. The van der Waals surface area contributed by atoms with E-state index in [9.17, 15) is 8.42 Å². The summed E-state index contributed by atoms with van der Waals surface area (Å²) < 4.78 is 31.2. The van der Waals surface area contributed by atoms with E-state index < -0.39 is 10.1 Å². The molecule has 0 aliphatic rings. The number of rotatable bonds is 4. The summed E-state index contributed by atoms with van der Waals surface area (Å²) in [6, 6.07) is 4.89. The average Bonchev–Trinajstić information content (AvgIpc) is 2.16. The lowest BCUT2D eigenvalue weighted by molar-refractivity contribution is 0.482. The van der Waals surface area contributed by atoms with Crippen LogP contribution in [0.4, 0.5) is 0 Å². The molecule has 0 radical (unpaired) electrons. The van der Waals surface area contributed by atoms with E-state index in [1.165, 1.54) is 6.07 Å². The van der Waals surface area contributed by atoms with Crippen molar-refractivity contribution in [1.82, 2.24) is 0 Å². The summed E-state index contributed by atoms with van der Waals surface area (Å²) >= 11 is 0. The number of hydrogen-bond acceptors (Lipinski definition) is 2. The van der Waals surface area contributed by atoms with Gasteiger partial charge in [0.15, 0.2) is 0 Å². The highest BCUT2D eigenvalue weighted by Gasteiger charge is 2.15. The van der Waals surface area contributed by atoms with Crippen LogP contribution in [0.15, 0.2) is 35.7 Å². The minimum Gasteiger partial charge on any atom is -0.282 e.